The van der Waals surface area contributed by atoms with E-state index in [-0.39, 0.29) is 0 Å². The van der Waals surface area contributed by atoms with Crippen LogP contribution in [0, 0.1) is 0 Å². The van der Waals surface area contributed by atoms with Crippen molar-refractivity contribution in [2.75, 3.05) is 6.54 Å². The van der Waals surface area contributed by atoms with Crippen LogP contribution in [-0.4, -0.2) is 30.6 Å². The number of fused-ring (bicyclic) bond motifs is 1. The Morgan fingerprint density at radius 1 is 2.00 bits per heavy atom. The van der Waals surface area contributed by atoms with Crippen LogP contribution >= 0.6 is 0 Å². The van der Waals surface area contributed by atoms with Crippen molar-refractivity contribution in [2.24, 2.45) is 0 Å². The molecule has 2 aliphatic rings. The van der Waals surface area contributed by atoms with Gasteiger partial charge in [0.2, 0.25) is 0 Å². The van der Waals surface area contributed by atoms with Crippen molar-refractivity contribution < 1.29 is 0 Å². The summed E-state index contributed by atoms with van der Waals surface area (Å²) in [5.74, 6) is 0. The van der Waals surface area contributed by atoms with Gasteiger partial charge in [0.25, 0.3) is 0 Å². The second kappa shape index (κ2) is 0.298. The molecular formula is C2H3NSe. The molecule has 2 heterocycles. The summed E-state index contributed by atoms with van der Waals surface area (Å²) in [4.78, 5) is 1.15. The number of nitrogens with zero attached hydrogens (tertiary/aromatic N) is 1. The number of hydrogen-bond acceptors (Lipinski definition) is 1. The van der Waals surface area contributed by atoms with Crippen LogP contribution in [-0.2, 0) is 0 Å². The summed E-state index contributed by atoms with van der Waals surface area (Å²) >= 11 is 1.01. The third-order valence-corrected chi connectivity index (χ3v) is 3.05. The molecule has 2 rings (SSSR count). The van der Waals surface area contributed by atoms with Gasteiger partial charge in [-0.2, -0.15) is 0 Å². The van der Waals surface area contributed by atoms with E-state index in [4.69, 9.17) is 0 Å². The first-order chi connectivity index (χ1) is 1.97. The van der Waals surface area contributed by atoms with Gasteiger partial charge in [0.15, 0.2) is 0 Å². The number of hydrogen-bond donors (Lipinski definition) is 0. The minimum absolute atomic E-state index is 1.01. The first-order valence-electron chi connectivity index (χ1n) is 1.40. The molecule has 1 nitrogen and oxygen atoms in total. The van der Waals surface area contributed by atoms with Gasteiger partial charge >= 0.3 is 30.6 Å². The Kier molecular flexibility index (Phi) is 0.134. The van der Waals surface area contributed by atoms with E-state index in [0.29, 0.717) is 0 Å². The van der Waals surface area contributed by atoms with E-state index in [1.807, 2.05) is 0 Å². The van der Waals surface area contributed by atoms with Crippen molar-refractivity contribution in [3.8, 4) is 0 Å². The van der Waals surface area contributed by atoms with Gasteiger partial charge in [0, 0.05) is 0 Å². The van der Waals surface area contributed by atoms with Crippen LogP contribution in [0.1, 0.15) is 0 Å². The molecule has 2 aliphatic heterocycles. The summed E-state index contributed by atoms with van der Waals surface area (Å²) in [5.41, 5.74) is 0. The van der Waals surface area contributed by atoms with Gasteiger partial charge in [-0.3, -0.25) is 0 Å². The van der Waals surface area contributed by atoms with Crippen molar-refractivity contribution >= 4 is 15.2 Å². The fourth-order valence-corrected chi connectivity index (χ4v) is 1.18. The molecule has 22 valence electrons. The van der Waals surface area contributed by atoms with Gasteiger partial charge in [-0.05, 0) is 0 Å². The molecule has 0 aromatic carbocycles. The summed E-state index contributed by atoms with van der Waals surface area (Å²) < 4.78 is 2.48. The first-order valence-corrected chi connectivity index (χ1v) is 3.16. The molecule has 2 unspecified atom stereocenters. The third-order valence-electron chi connectivity index (χ3n) is 0.735. The van der Waals surface area contributed by atoms with Crippen LogP contribution in [0.2, 0.25) is 0 Å². The Morgan fingerprint density at radius 2 is 2.25 bits per heavy atom. The minimum atomic E-state index is 1.01. The molecular weight excluding hydrogens is 117 g/mol. The van der Waals surface area contributed by atoms with Gasteiger partial charge in [-0.15, -0.1) is 0 Å². The Bertz CT molecular complexity index is 42.0. The van der Waals surface area contributed by atoms with Crippen LogP contribution < -0.4 is 0 Å². The van der Waals surface area contributed by atoms with Crippen molar-refractivity contribution in [3.05, 3.63) is 0 Å². The third kappa shape index (κ3) is 0.0755. The quantitative estimate of drug-likeness (QED) is 0.300. The molecule has 0 radical (unpaired) electrons. The molecule has 0 amide bonds. The predicted octanol–water partition coefficient (Wildman–Crippen LogP) is -0.739. The van der Waals surface area contributed by atoms with E-state index in [1.165, 1.54) is 6.54 Å². The van der Waals surface area contributed by atoms with Crippen molar-refractivity contribution in [2.45, 2.75) is 4.94 Å². The molecule has 4 heavy (non-hydrogen) atoms. The molecule has 0 aromatic rings. The summed E-state index contributed by atoms with van der Waals surface area (Å²) in [5, 5.41) is 0. The maximum absolute atomic E-state index is 2.48. The fourth-order valence-electron chi connectivity index (χ4n) is 0.227. The van der Waals surface area contributed by atoms with Gasteiger partial charge in [0.05, 0.1) is 0 Å². The summed E-state index contributed by atoms with van der Waals surface area (Å²) in [6, 6.07) is 0. The molecule has 0 aromatic heterocycles. The van der Waals surface area contributed by atoms with Crippen LogP contribution in [0.25, 0.3) is 0 Å². The van der Waals surface area contributed by atoms with Crippen LogP contribution in [0.4, 0.5) is 0 Å². The molecule has 0 spiro atoms. The zero-order valence-electron chi connectivity index (χ0n) is 2.14. The van der Waals surface area contributed by atoms with Crippen LogP contribution in [0.15, 0.2) is 0 Å². The molecule has 0 aliphatic carbocycles. The summed E-state index contributed by atoms with van der Waals surface area (Å²) in [6.07, 6.45) is 0. The predicted molar refractivity (Wildman–Crippen MR) is 16.2 cm³/mol. The number of rotatable bonds is 0. The van der Waals surface area contributed by atoms with Gasteiger partial charge < -0.3 is 0 Å². The summed E-state index contributed by atoms with van der Waals surface area (Å²) in [6.45, 7) is 1.44. The molecule has 2 fully saturated rings. The fraction of sp³-hybridized carbons (Fsp3) is 1.00. The van der Waals surface area contributed by atoms with Crippen molar-refractivity contribution in [3.63, 3.8) is 0 Å². The maximum atomic E-state index is 2.48. The van der Waals surface area contributed by atoms with Crippen molar-refractivity contribution in [1.82, 2.24) is 3.92 Å². The van der Waals surface area contributed by atoms with E-state index in [9.17, 15) is 0 Å². The van der Waals surface area contributed by atoms with Gasteiger partial charge in [0.1, 0.15) is 0 Å². The first kappa shape index (κ1) is 1.81. The van der Waals surface area contributed by atoms with E-state index in [0.717, 1.165) is 20.1 Å². The normalized spacial score (nSPS) is 66.0. The second-order valence-corrected chi connectivity index (χ2v) is 3.73. The molecule has 0 N–H and O–H groups in total. The van der Waals surface area contributed by atoms with E-state index >= 15 is 0 Å². The SMILES string of the molecule is C1C2[Se]N12. The monoisotopic (exact) mass is 121 g/mol. The van der Waals surface area contributed by atoms with E-state index in [2.05, 4.69) is 3.92 Å². The summed E-state index contributed by atoms with van der Waals surface area (Å²) in [7, 11) is 0. The molecule has 2 atom stereocenters. The Hall–Kier alpha value is 0.479. The van der Waals surface area contributed by atoms with Gasteiger partial charge in [-0.25, -0.2) is 0 Å². The molecule has 0 saturated carbocycles. The average Bonchev–Trinajstić information content (AvgIpc) is 1.36. The zero-order valence-corrected chi connectivity index (χ0v) is 3.85. The van der Waals surface area contributed by atoms with Crippen LogP contribution in [0.5, 0.6) is 0 Å². The standard InChI is InChI=1S/C2H3NSe/c1-2-3(1)4-2/h2H,1H2. The van der Waals surface area contributed by atoms with Crippen molar-refractivity contribution in [1.29, 1.82) is 0 Å². The van der Waals surface area contributed by atoms with E-state index in [1.54, 1.807) is 0 Å². The second-order valence-electron chi connectivity index (χ2n) is 1.16. The molecule has 2 saturated heterocycles. The van der Waals surface area contributed by atoms with Gasteiger partial charge in [-0.1, -0.05) is 0 Å². The molecule has 0 bridgehead atoms. The average molecular weight is 120 g/mol. The Balaban J connectivity index is 2.48. The Morgan fingerprint density at radius 3 is 2.25 bits per heavy atom. The van der Waals surface area contributed by atoms with Crippen LogP contribution in [0.3, 0.4) is 0 Å². The zero-order chi connectivity index (χ0) is 2.57. The molecule has 2 heteroatoms. The Labute approximate surface area is 31.3 Å². The van der Waals surface area contributed by atoms with E-state index < -0.39 is 0 Å². The topological polar surface area (TPSA) is 3.01 Å².